The van der Waals surface area contributed by atoms with Crippen LogP contribution >= 0.6 is 0 Å². The summed E-state index contributed by atoms with van der Waals surface area (Å²) in [5.41, 5.74) is -0.0870. The van der Waals surface area contributed by atoms with E-state index in [0.717, 1.165) is 18.1 Å². The summed E-state index contributed by atoms with van der Waals surface area (Å²) in [6, 6.07) is 7.62. The van der Waals surface area contributed by atoms with Gasteiger partial charge in [0.2, 0.25) is 5.76 Å². The molecule has 6 nitrogen and oxygen atoms in total. The number of epoxide rings is 1. The minimum Gasteiger partial charge on any atom is -0.455 e. The smallest absolute Gasteiger partial charge is 0.417 e. The zero-order valence-corrected chi connectivity index (χ0v) is 19.6. The second-order valence-electron chi connectivity index (χ2n) is 9.58. The Morgan fingerprint density at radius 3 is 2.78 bits per heavy atom. The molecular formula is C27H25F3O6. The monoisotopic (exact) mass is 502 g/mol. The number of rotatable bonds is 4. The third-order valence-electron chi connectivity index (χ3n) is 7.13. The average Bonchev–Trinajstić information content (AvgIpc) is 3.15. The SMILES string of the molecule is C=C1C(=O)O[C@@H]2[C@H]3O[C@]3(C)CC/C=C(/COC(=O)c3ccc(-c4ccccc4C(F)(F)F)o3)CC[C@@H]12. The molecule has 0 N–H and O–H groups in total. The molecule has 36 heavy (non-hydrogen) atoms. The third kappa shape index (κ3) is 4.59. The van der Waals surface area contributed by atoms with Crippen molar-refractivity contribution in [2.24, 2.45) is 5.92 Å². The Bertz CT molecular complexity index is 1240. The molecule has 9 heteroatoms. The molecule has 1 aliphatic carbocycles. The van der Waals surface area contributed by atoms with Crippen molar-refractivity contribution in [3.8, 4) is 11.3 Å². The van der Waals surface area contributed by atoms with Crippen LogP contribution in [-0.4, -0.2) is 36.4 Å². The van der Waals surface area contributed by atoms with Gasteiger partial charge >= 0.3 is 18.1 Å². The van der Waals surface area contributed by atoms with E-state index in [2.05, 4.69) is 6.58 Å². The Kier molecular flexibility index (Phi) is 6.06. The average molecular weight is 502 g/mol. The first-order valence-electron chi connectivity index (χ1n) is 11.8. The number of carbonyl (C=O) groups is 2. The minimum absolute atomic E-state index is 0.00628. The second-order valence-corrected chi connectivity index (χ2v) is 9.58. The van der Waals surface area contributed by atoms with Gasteiger partial charge in [-0.15, -0.1) is 0 Å². The van der Waals surface area contributed by atoms with Crippen LogP contribution in [0, 0.1) is 5.92 Å². The molecule has 2 saturated heterocycles. The Morgan fingerprint density at radius 2 is 2.00 bits per heavy atom. The first-order chi connectivity index (χ1) is 17.1. The highest BCUT2D eigenvalue weighted by Crippen LogP contribution is 2.49. The maximum Gasteiger partial charge on any atom is 0.417 e. The zero-order valence-electron chi connectivity index (χ0n) is 19.6. The van der Waals surface area contributed by atoms with Gasteiger partial charge in [-0.25, -0.2) is 9.59 Å². The van der Waals surface area contributed by atoms with Crippen molar-refractivity contribution in [2.45, 2.75) is 56.6 Å². The van der Waals surface area contributed by atoms with Crippen molar-refractivity contribution in [3.63, 3.8) is 0 Å². The molecule has 0 saturated carbocycles. The molecule has 2 aromatic rings. The van der Waals surface area contributed by atoms with E-state index in [9.17, 15) is 22.8 Å². The molecule has 2 fully saturated rings. The normalized spacial score (nSPS) is 29.4. The molecule has 0 amide bonds. The van der Waals surface area contributed by atoms with Crippen molar-refractivity contribution in [1.82, 2.24) is 0 Å². The first kappa shape index (κ1) is 24.4. The van der Waals surface area contributed by atoms with Crippen molar-refractivity contribution in [3.05, 3.63) is 71.5 Å². The molecule has 190 valence electrons. The van der Waals surface area contributed by atoms with Crippen LogP contribution in [0.3, 0.4) is 0 Å². The van der Waals surface area contributed by atoms with Gasteiger partial charge in [0.05, 0.1) is 11.2 Å². The second kappa shape index (κ2) is 8.96. The number of hydrogen-bond donors (Lipinski definition) is 0. The number of carbonyl (C=O) groups excluding carboxylic acids is 2. The van der Waals surface area contributed by atoms with E-state index in [-0.39, 0.29) is 47.4 Å². The number of furan rings is 1. The number of fused-ring (bicyclic) bond motifs is 3. The number of hydrogen-bond acceptors (Lipinski definition) is 6. The quantitative estimate of drug-likeness (QED) is 0.225. The van der Waals surface area contributed by atoms with Crippen LogP contribution in [0.1, 0.15) is 48.7 Å². The van der Waals surface area contributed by atoms with E-state index < -0.39 is 23.7 Å². The van der Waals surface area contributed by atoms with Crippen LogP contribution in [0.2, 0.25) is 0 Å². The maximum absolute atomic E-state index is 13.3. The van der Waals surface area contributed by atoms with Crippen LogP contribution < -0.4 is 0 Å². The van der Waals surface area contributed by atoms with Crippen LogP contribution in [0.4, 0.5) is 13.2 Å². The lowest BCUT2D eigenvalue weighted by Crippen LogP contribution is -2.29. The molecule has 4 atom stereocenters. The maximum atomic E-state index is 13.3. The van der Waals surface area contributed by atoms with Gasteiger partial charge in [0, 0.05) is 17.1 Å². The van der Waals surface area contributed by atoms with E-state index >= 15 is 0 Å². The zero-order chi connectivity index (χ0) is 25.7. The van der Waals surface area contributed by atoms with Crippen molar-refractivity contribution < 1.29 is 41.4 Å². The summed E-state index contributed by atoms with van der Waals surface area (Å²) < 4.78 is 62.3. The number of halogens is 3. The molecule has 1 aromatic carbocycles. The highest BCUT2D eigenvalue weighted by molar-refractivity contribution is 5.91. The van der Waals surface area contributed by atoms with Crippen molar-refractivity contribution in [2.75, 3.05) is 6.61 Å². The van der Waals surface area contributed by atoms with Crippen molar-refractivity contribution >= 4 is 11.9 Å². The van der Waals surface area contributed by atoms with Gasteiger partial charge in [-0.1, -0.05) is 30.9 Å². The molecular weight excluding hydrogens is 477 g/mol. The molecule has 5 rings (SSSR count). The van der Waals surface area contributed by atoms with E-state index in [1.54, 1.807) is 0 Å². The Labute approximate surface area is 205 Å². The van der Waals surface area contributed by atoms with E-state index in [1.165, 1.54) is 30.3 Å². The highest BCUT2D eigenvalue weighted by atomic mass is 19.4. The predicted molar refractivity (Wildman–Crippen MR) is 122 cm³/mol. The summed E-state index contributed by atoms with van der Waals surface area (Å²) in [5, 5.41) is 0. The van der Waals surface area contributed by atoms with Gasteiger partial charge in [-0.3, -0.25) is 0 Å². The van der Waals surface area contributed by atoms with Crippen LogP contribution in [0.5, 0.6) is 0 Å². The van der Waals surface area contributed by atoms with Gasteiger partial charge < -0.3 is 18.6 Å². The Balaban J connectivity index is 1.26. The van der Waals surface area contributed by atoms with Gasteiger partial charge in [-0.2, -0.15) is 13.2 Å². The fourth-order valence-electron chi connectivity index (χ4n) is 5.02. The van der Waals surface area contributed by atoms with Crippen molar-refractivity contribution in [1.29, 1.82) is 0 Å². The summed E-state index contributed by atoms with van der Waals surface area (Å²) in [6.45, 7) is 5.88. The molecule has 0 spiro atoms. The van der Waals surface area contributed by atoms with Gasteiger partial charge in [0.25, 0.3) is 0 Å². The van der Waals surface area contributed by atoms with Crippen LogP contribution in [0.15, 0.2) is 64.6 Å². The Hall–Kier alpha value is -3.33. The molecule has 3 aliphatic rings. The number of alkyl halides is 3. The number of esters is 2. The summed E-state index contributed by atoms with van der Waals surface area (Å²) >= 11 is 0. The Morgan fingerprint density at radius 1 is 1.22 bits per heavy atom. The van der Waals surface area contributed by atoms with Gasteiger partial charge in [0.15, 0.2) is 0 Å². The molecule has 0 unspecified atom stereocenters. The highest BCUT2D eigenvalue weighted by Gasteiger charge is 2.61. The number of ether oxygens (including phenoxy) is 3. The lowest BCUT2D eigenvalue weighted by Gasteiger charge is -2.20. The molecule has 2 aliphatic heterocycles. The first-order valence-corrected chi connectivity index (χ1v) is 11.8. The van der Waals surface area contributed by atoms with Crippen LogP contribution in [0.25, 0.3) is 11.3 Å². The predicted octanol–water partition coefficient (Wildman–Crippen LogP) is 5.88. The molecule has 3 heterocycles. The lowest BCUT2D eigenvalue weighted by molar-refractivity contribution is -0.140. The van der Waals surface area contributed by atoms with Gasteiger partial charge in [0.1, 0.15) is 24.6 Å². The fourth-order valence-corrected chi connectivity index (χ4v) is 5.02. The van der Waals surface area contributed by atoms with E-state index in [1.807, 2.05) is 13.0 Å². The molecule has 0 bridgehead atoms. The standard InChI is InChI=1S/C27H25F3O6/c1-15-17-10-9-16(6-5-13-26(2)23(36-26)22(17)35-24(15)31)14-33-25(32)21-12-11-20(34-21)18-7-3-4-8-19(18)27(28,29)30/h3-4,6-8,11-12,17,22-23H,1,5,9-10,13-14H2,2H3/b16-6+/t17-,22-,23+,26+/m0/s1. The summed E-state index contributed by atoms with van der Waals surface area (Å²) in [6.07, 6.45) is -0.483. The summed E-state index contributed by atoms with van der Waals surface area (Å²) in [5.74, 6) is -1.62. The largest absolute Gasteiger partial charge is 0.455 e. The summed E-state index contributed by atoms with van der Waals surface area (Å²) in [7, 11) is 0. The number of allylic oxidation sites excluding steroid dienone is 1. The minimum atomic E-state index is -4.56. The summed E-state index contributed by atoms with van der Waals surface area (Å²) in [4.78, 5) is 24.7. The third-order valence-corrected chi connectivity index (χ3v) is 7.13. The van der Waals surface area contributed by atoms with E-state index in [4.69, 9.17) is 18.6 Å². The van der Waals surface area contributed by atoms with E-state index in [0.29, 0.717) is 24.8 Å². The number of benzene rings is 1. The fraction of sp³-hybridized carbons (Fsp3) is 0.407. The lowest BCUT2D eigenvalue weighted by atomic mass is 9.84. The van der Waals surface area contributed by atoms with Gasteiger partial charge in [-0.05, 0) is 56.4 Å². The topological polar surface area (TPSA) is 78.3 Å². The molecule has 1 aromatic heterocycles. The molecule has 0 radical (unpaired) electrons. The van der Waals surface area contributed by atoms with Crippen LogP contribution in [-0.2, 0) is 25.2 Å².